The van der Waals surface area contributed by atoms with E-state index in [9.17, 15) is 9.59 Å². The molecule has 2 saturated heterocycles. The van der Waals surface area contributed by atoms with E-state index in [0.717, 1.165) is 12.0 Å². The Morgan fingerprint density at radius 2 is 2.14 bits per heavy atom. The summed E-state index contributed by atoms with van der Waals surface area (Å²) in [4.78, 5) is 32.2. The number of pyridine rings is 1. The number of urea groups is 1. The van der Waals surface area contributed by atoms with E-state index in [1.807, 2.05) is 35.8 Å². The highest BCUT2D eigenvalue weighted by Gasteiger charge is 2.44. The third kappa shape index (κ3) is 2.77. The molecule has 0 aromatic carbocycles. The zero-order valence-corrected chi connectivity index (χ0v) is 13.0. The number of rotatable bonds is 3. The second kappa shape index (κ2) is 5.94. The molecular formula is C16H22N4O2. The molecule has 3 heterocycles. The Labute approximate surface area is 130 Å². The number of fused-ring (bicyclic) bond motifs is 1. The molecule has 2 aliphatic rings. The molecule has 22 heavy (non-hydrogen) atoms. The van der Waals surface area contributed by atoms with Crippen molar-refractivity contribution in [1.82, 2.24) is 20.1 Å². The summed E-state index contributed by atoms with van der Waals surface area (Å²) in [7, 11) is 0. The van der Waals surface area contributed by atoms with Crippen LogP contribution in [0.4, 0.5) is 4.79 Å². The van der Waals surface area contributed by atoms with Crippen molar-refractivity contribution in [3.8, 4) is 0 Å². The molecule has 0 aliphatic carbocycles. The summed E-state index contributed by atoms with van der Waals surface area (Å²) in [5, 5.41) is 3.02. The van der Waals surface area contributed by atoms with Gasteiger partial charge >= 0.3 is 6.03 Å². The zero-order chi connectivity index (χ0) is 15.7. The highest BCUT2D eigenvalue weighted by molar-refractivity contribution is 5.81. The lowest BCUT2D eigenvalue weighted by molar-refractivity contribution is -0.132. The molecule has 0 bridgehead atoms. The minimum Gasteiger partial charge on any atom is -0.340 e. The van der Waals surface area contributed by atoms with Gasteiger partial charge in [0.1, 0.15) is 0 Å². The van der Waals surface area contributed by atoms with E-state index < -0.39 is 0 Å². The van der Waals surface area contributed by atoms with Crippen LogP contribution >= 0.6 is 0 Å². The summed E-state index contributed by atoms with van der Waals surface area (Å²) >= 11 is 0. The number of amides is 3. The fourth-order valence-electron chi connectivity index (χ4n) is 3.43. The number of hydrogen-bond acceptors (Lipinski definition) is 3. The van der Waals surface area contributed by atoms with Crippen molar-refractivity contribution in [2.45, 2.75) is 44.8 Å². The minimum absolute atomic E-state index is 0.00608. The maximum atomic E-state index is 12.4. The number of carbonyl (C=O) groups excluding carboxylic acids is 2. The average Bonchev–Trinajstić information content (AvgIpc) is 2.83. The van der Waals surface area contributed by atoms with Crippen molar-refractivity contribution in [3.05, 3.63) is 30.1 Å². The van der Waals surface area contributed by atoms with Gasteiger partial charge < -0.3 is 15.1 Å². The van der Waals surface area contributed by atoms with E-state index in [1.165, 1.54) is 0 Å². The molecule has 3 amide bonds. The third-order valence-electron chi connectivity index (χ3n) is 4.49. The standard InChI is InChI=1S/C16H22N4O2/c1-11(2)20-14-5-8-19(10-13(14)18-16(20)22)15(21)9-12-3-6-17-7-4-12/h3-4,6-7,11,13-14H,5,8-10H2,1-2H3,(H,18,22)/t13-,14+/m1/s1. The number of nitrogens with zero attached hydrogens (tertiary/aromatic N) is 3. The highest BCUT2D eigenvalue weighted by Crippen LogP contribution is 2.25. The molecule has 2 fully saturated rings. The molecule has 1 N–H and O–H groups in total. The molecule has 118 valence electrons. The number of carbonyl (C=O) groups is 2. The van der Waals surface area contributed by atoms with Crippen molar-refractivity contribution in [2.24, 2.45) is 0 Å². The SMILES string of the molecule is CC(C)N1C(=O)N[C@@H]2CN(C(=O)Cc3ccncc3)CC[C@@H]21. The summed E-state index contributed by atoms with van der Waals surface area (Å²) in [6.07, 6.45) is 4.63. The monoisotopic (exact) mass is 302 g/mol. The molecule has 0 saturated carbocycles. The van der Waals surface area contributed by atoms with E-state index in [2.05, 4.69) is 10.3 Å². The van der Waals surface area contributed by atoms with E-state index in [0.29, 0.717) is 19.5 Å². The summed E-state index contributed by atoms with van der Waals surface area (Å²) < 4.78 is 0. The van der Waals surface area contributed by atoms with Gasteiger partial charge in [-0.1, -0.05) is 0 Å². The van der Waals surface area contributed by atoms with Crippen LogP contribution in [0.3, 0.4) is 0 Å². The Balaban J connectivity index is 1.63. The van der Waals surface area contributed by atoms with Gasteiger partial charge in [0.05, 0.1) is 18.5 Å². The topological polar surface area (TPSA) is 65.5 Å². The first-order valence-corrected chi connectivity index (χ1v) is 7.82. The van der Waals surface area contributed by atoms with Crippen LogP contribution in [0, 0.1) is 0 Å². The van der Waals surface area contributed by atoms with Crippen molar-refractivity contribution in [1.29, 1.82) is 0 Å². The molecular weight excluding hydrogens is 280 g/mol. The van der Waals surface area contributed by atoms with Crippen LogP contribution < -0.4 is 5.32 Å². The molecule has 6 heteroatoms. The molecule has 0 radical (unpaired) electrons. The first-order chi connectivity index (χ1) is 10.6. The van der Waals surface area contributed by atoms with Crippen LogP contribution in [-0.4, -0.2) is 57.9 Å². The minimum atomic E-state index is -0.00608. The van der Waals surface area contributed by atoms with Gasteiger partial charge in [0.2, 0.25) is 5.91 Å². The zero-order valence-electron chi connectivity index (χ0n) is 13.0. The van der Waals surface area contributed by atoms with Gasteiger partial charge in [-0.2, -0.15) is 0 Å². The highest BCUT2D eigenvalue weighted by atomic mass is 16.2. The molecule has 0 unspecified atom stereocenters. The van der Waals surface area contributed by atoms with Crippen LogP contribution in [0.15, 0.2) is 24.5 Å². The van der Waals surface area contributed by atoms with Crippen molar-refractivity contribution < 1.29 is 9.59 Å². The van der Waals surface area contributed by atoms with Crippen LogP contribution in [0.1, 0.15) is 25.8 Å². The lowest BCUT2D eigenvalue weighted by Gasteiger charge is -2.38. The predicted octanol–water partition coefficient (Wildman–Crippen LogP) is 1.03. The first kappa shape index (κ1) is 14.8. The fourth-order valence-corrected chi connectivity index (χ4v) is 3.43. The van der Waals surface area contributed by atoms with Crippen molar-refractivity contribution >= 4 is 11.9 Å². The van der Waals surface area contributed by atoms with Crippen molar-refractivity contribution in [3.63, 3.8) is 0 Å². The normalized spacial score (nSPS) is 24.4. The molecule has 3 rings (SSSR count). The van der Waals surface area contributed by atoms with E-state index in [-0.39, 0.29) is 30.1 Å². The van der Waals surface area contributed by atoms with Crippen LogP contribution in [-0.2, 0) is 11.2 Å². The third-order valence-corrected chi connectivity index (χ3v) is 4.49. The Hall–Kier alpha value is -2.11. The van der Waals surface area contributed by atoms with Gasteiger partial charge in [0, 0.05) is 31.5 Å². The number of likely N-dealkylation sites (tertiary alicyclic amines) is 1. The number of hydrogen-bond donors (Lipinski definition) is 1. The Bertz CT molecular complexity index is 561. The fraction of sp³-hybridized carbons (Fsp3) is 0.562. The Morgan fingerprint density at radius 3 is 2.82 bits per heavy atom. The van der Waals surface area contributed by atoms with Gasteiger partial charge in [0.25, 0.3) is 0 Å². The molecule has 2 aliphatic heterocycles. The van der Waals surface area contributed by atoms with E-state index in [1.54, 1.807) is 12.4 Å². The van der Waals surface area contributed by atoms with E-state index >= 15 is 0 Å². The molecule has 0 spiro atoms. The summed E-state index contributed by atoms with van der Waals surface area (Å²) in [6, 6.07) is 4.16. The summed E-state index contributed by atoms with van der Waals surface area (Å²) in [5.41, 5.74) is 0.974. The van der Waals surface area contributed by atoms with Gasteiger partial charge in [-0.25, -0.2) is 4.79 Å². The Kier molecular flexibility index (Phi) is 4.00. The predicted molar refractivity (Wildman–Crippen MR) is 82.2 cm³/mol. The van der Waals surface area contributed by atoms with Crippen LogP contribution in [0.25, 0.3) is 0 Å². The molecule has 1 aromatic rings. The quantitative estimate of drug-likeness (QED) is 0.907. The second-order valence-electron chi connectivity index (χ2n) is 6.29. The number of nitrogens with one attached hydrogen (secondary N) is 1. The number of aromatic nitrogens is 1. The molecule has 1 aromatic heterocycles. The first-order valence-electron chi connectivity index (χ1n) is 7.82. The average molecular weight is 302 g/mol. The smallest absolute Gasteiger partial charge is 0.318 e. The van der Waals surface area contributed by atoms with Crippen molar-refractivity contribution in [2.75, 3.05) is 13.1 Å². The lowest BCUT2D eigenvalue weighted by Crippen LogP contribution is -2.54. The van der Waals surface area contributed by atoms with Gasteiger partial charge in [0.15, 0.2) is 0 Å². The van der Waals surface area contributed by atoms with E-state index in [4.69, 9.17) is 0 Å². The second-order valence-corrected chi connectivity index (χ2v) is 6.29. The lowest BCUT2D eigenvalue weighted by atomic mass is 9.98. The van der Waals surface area contributed by atoms with Gasteiger partial charge in [-0.05, 0) is 38.0 Å². The van der Waals surface area contributed by atoms with Gasteiger partial charge in [-0.3, -0.25) is 9.78 Å². The van der Waals surface area contributed by atoms with Gasteiger partial charge in [-0.15, -0.1) is 0 Å². The van der Waals surface area contributed by atoms with Crippen LogP contribution in [0.2, 0.25) is 0 Å². The maximum Gasteiger partial charge on any atom is 0.318 e. The summed E-state index contributed by atoms with van der Waals surface area (Å²) in [6.45, 7) is 5.37. The largest absolute Gasteiger partial charge is 0.340 e. The molecule has 2 atom stereocenters. The van der Waals surface area contributed by atoms with Crippen LogP contribution in [0.5, 0.6) is 0 Å². The number of piperidine rings is 1. The molecule has 6 nitrogen and oxygen atoms in total. The Morgan fingerprint density at radius 1 is 1.41 bits per heavy atom. The summed E-state index contributed by atoms with van der Waals surface area (Å²) in [5.74, 6) is 0.113. The maximum absolute atomic E-state index is 12.4.